The molecule has 0 aliphatic carbocycles. The molecule has 318 valence electrons. The van der Waals surface area contributed by atoms with E-state index in [2.05, 4.69) is 182 Å². The van der Waals surface area contributed by atoms with Crippen LogP contribution in [0.2, 0.25) is 0 Å². The number of benzene rings is 6. The van der Waals surface area contributed by atoms with Gasteiger partial charge < -0.3 is 8.83 Å². The Morgan fingerprint density at radius 2 is 0.565 bits per heavy atom. The molecule has 2 aromatic heterocycles. The van der Waals surface area contributed by atoms with Crippen LogP contribution in [0.25, 0.3) is 0 Å². The maximum atomic E-state index is 8.60. The predicted octanol–water partition coefficient (Wildman–Crippen LogP) is 0.0696. The van der Waals surface area contributed by atoms with Crippen LogP contribution < -0.4 is 70.7 Å². The first-order chi connectivity index (χ1) is 29.6. The zero-order chi connectivity index (χ0) is 44.4. The summed E-state index contributed by atoms with van der Waals surface area (Å²) >= 11 is 0. The summed E-state index contributed by atoms with van der Waals surface area (Å²) in [6.45, 7) is 3.88. The zero-order valence-corrected chi connectivity index (χ0v) is 37.8. The summed E-state index contributed by atoms with van der Waals surface area (Å²) in [5.41, 5.74) is 1.89. The molecule has 0 aliphatic heterocycles. The topological polar surface area (TPSA) is 231 Å². The molecular formula is C44H38Cl2N2O10P2S2+2. The van der Waals surface area contributed by atoms with Crippen molar-refractivity contribution in [3.05, 3.63) is 194 Å². The molecular weight excluding hydrogens is 913 g/mol. The molecule has 2 heterocycles. The summed E-state index contributed by atoms with van der Waals surface area (Å²) in [6, 6.07) is 64.6. The summed E-state index contributed by atoms with van der Waals surface area (Å²) in [7, 11) is -11.3. The van der Waals surface area contributed by atoms with Crippen LogP contribution in [0.15, 0.2) is 201 Å². The monoisotopic (exact) mass is 950 g/mol. The lowest BCUT2D eigenvalue weighted by Crippen LogP contribution is -2.58. The van der Waals surface area contributed by atoms with Gasteiger partial charge in [-0.3, -0.25) is 0 Å². The largest absolute Gasteiger partial charge is 0.429 e. The number of rotatable bonds is 11. The third-order valence-electron chi connectivity index (χ3n) is 9.06. The van der Waals surface area contributed by atoms with E-state index in [9.17, 15) is 0 Å². The number of halogens is 2. The van der Waals surface area contributed by atoms with E-state index < -0.39 is 35.0 Å². The molecule has 18 heteroatoms. The summed E-state index contributed by atoms with van der Waals surface area (Å²) in [4.78, 5) is 10.5. The van der Waals surface area contributed by atoms with Crippen molar-refractivity contribution in [1.82, 2.24) is 9.97 Å². The van der Waals surface area contributed by atoms with E-state index in [-0.39, 0.29) is 0 Å². The highest BCUT2D eigenvalue weighted by atomic mass is 35.7. The minimum atomic E-state index is -4.69. The Morgan fingerprint density at radius 3 is 0.742 bits per heavy atom. The highest BCUT2D eigenvalue weighted by Crippen LogP contribution is 2.59. The van der Waals surface area contributed by atoms with Gasteiger partial charge in [-0.2, -0.15) is 37.9 Å². The Hall–Kier alpha value is -4.44. The molecule has 0 atom stereocenters. The lowest BCUT2D eigenvalue weighted by molar-refractivity contribution is -1.92. The Labute approximate surface area is 371 Å². The van der Waals surface area contributed by atoms with Crippen molar-refractivity contribution in [2.45, 2.75) is 24.0 Å². The van der Waals surface area contributed by atoms with E-state index >= 15 is 0 Å². The van der Waals surface area contributed by atoms with Gasteiger partial charge in [0.15, 0.2) is 26.3 Å². The van der Waals surface area contributed by atoms with Crippen LogP contribution in [0.5, 0.6) is 0 Å². The molecule has 0 spiro atoms. The molecule has 0 aliphatic rings. The van der Waals surface area contributed by atoms with E-state index in [1.165, 1.54) is 31.8 Å². The van der Waals surface area contributed by atoms with E-state index in [0.29, 0.717) is 11.8 Å². The molecule has 0 bridgehead atoms. The number of hydrogen-bond acceptors (Lipinski definition) is 14. The number of nitrogens with zero attached hydrogens (tertiary/aromatic N) is 2. The third kappa shape index (κ3) is 11.4. The Morgan fingerprint density at radius 1 is 0.387 bits per heavy atom. The maximum Gasteiger partial charge on any atom is 0.251 e. The molecule has 8 rings (SSSR count). The van der Waals surface area contributed by atoms with Crippen LogP contribution in [0.3, 0.4) is 0 Å². The number of hydrogen-bond donors (Lipinski definition) is 2. The second kappa shape index (κ2) is 20.8. The standard InChI is InChI=1S/C44H36N2O2P2S2.2ClHO4/c1-33-45-41(49(35-21-9-3-10-22-35,36-23-11-4-12-24-36)37-25-13-5-14-26-37)43(47-33)51-52-44-42(46-34(2)48-44)50(38-27-15-6-16-28-38,39-29-17-7-18-30-39)40-31-19-8-20-32-40;2*2-1(3,4)5/h3-32H,1-2H3;2*(H,2,3,4,5)/q+2;;. The first-order valence-corrected chi connectivity index (χ1v) is 26.6. The van der Waals surface area contributed by atoms with Crippen molar-refractivity contribution in [1.29, 1.82) is 0 Å². The van der Waals surface area contributed by atoms with Crippen molar-refractivity contribution in [3.63, 3.8) is 0 Å². The quantitative estimate of drug-likeness (QED) is 0.129. The van der Waals surface area contributed by atoms with Gasteiger partial charge in [-0.1, -0.05) is 109 Å². The zero-order valence-electron chi connectivity index (χ0n) is 32.8. The molecule has 8 aromatic rings. The number of aromatic nitrogens is 2. The average molecular weight is 952 g/mol. The minimum absolute atomic E-state index is 0.624. The van der Waals surface area contributed by atoms with Crippen LogP contribution >= 0.6 is 36.1 Å². The van der Waals surface area contributed by atoms with Gasteiger partial charge in [0, 0.05) is 13.8 Å². The van der Waals surface area contributed by atoms with E-state index in [4.69, 9.17) is 56.1 Å². The van der Waals surface area contributed by atoms with Crippen LogP contribution in [0.1, 0.15) is 11.8 Å². The molecule has 0 unspecified atom stereocenters. The minimum Gasteiger partial charge on any atom is -0.429 e. The molecule has 0 amide bonds. The molecule has 12 nitrogen and oxygen atoms in total. The van der Waals surface area contributed by atoms with Gasteiger partial charge in [-0.05, 0) is 94.4 Å². The van der Waals surface area contributed by atoms with Gasteiger partial charge in [0.05, 0.1) is 29.8 Å². The van der Waals surface area contributed by atoms with Gasteiger partial charge in [-0.25, -0.2) is 0 Å². The molecule has 0 fully saturated rings. The molecule has 0 saturated carbocycles. The van der Waals surface area contributed by atoms with E-state index in [1.54, 1.807) is 21.6 Å². The van der Waals surface area contributed by atoms with Gasteiger partial charge in [0.25, 0.3) is 10.9 Å². The molecule has 0 radical (unpaired) electrons. The van der Waals surface area contributed by atoms with Crippen LogP contribution in [0, 0.1) is 34.3 Å². The fourth-order valence-electron chi connectivity index (χ4n) is 6.94. The third-order valence-corrected chi connectivity index (χ3v) is 19.8. The van der Waals surface area contributed by atoms with Crippen molar-refractivity contribution in [3.8, 4) is 0 Å². The smallest absolute Gasteiger partial charge is 0.251 e. The lowest BCUT2D eigenvalue weighted by atomic mass is 10.4. The molecule has 0 saturated heterocycles. The summed E-state index contributed by atoms with van der Waals surface area (Å²) in [6.07, 6.45) is 0. The van der Waals surface area contributed by atoms with Gasteiger partial charge >= 0.3 is 0 Å². The van der Waals surface area contributed by atoms with E-state index in [1.807, 2.05) is 13.8 Å². The normalized spacial score (nSPS) is 11.8. The van der Waals surface area contributed by atoms with Crippen LogP contribution in [-0.4, -0.2) is 19.3 Å². The van der Waals surface area contributed by atoms with Crippen LogP contribution in [0.4, 0.5) is 0 Å². The Bertz CT molecular complexity index is 2220. The second-order valence-electron chi connectivity index (χ2n) is 13.0. The van der Waals surface area contributed by atoms with Crippen molar-refractivity contribution in [2.24, 2.45) is 0 Å². The summed E-state index contributed by atoms with van der Waals surface area (Å²) < 4.78 is 78.6. The molecule has 62 heavy (non-hydrogen) atoms. The van der Waals surface area contributed by atoms with Crippen molar-refractivity contribution >= 4 is 78.8 Å². The van der Waals surface area contributed by atoms with Crippen molar-refractivity contribution in [2.75, 3.05) is 0 Å². The number of oxazole rings is 2. The Kier molecular flexibility index (Phi) is 15.8. The fraction of sp³-hybridized carbons (Fsp3) is 0.0455. The average Bonchev–Trinajstić information content (AvgIpc) is 3.83. The van der Waals surface area contributed by atoms with Gasteiger partial charge in [0.2, 0.25) is 10.2 Å². The fourth-order valence-corrected chi connectivity index (χ4v) is 18.4. The van der Waals surface area contributed by atoms with Crippen LogP contribution in [-0.2, 0) is 0 Å². The van der Waals surface area contributed by atoms with Crippen molar-refractivity contribution < 1.29 is 66.6 Å². The summed E-state index contributed by atoms with van der Waals surface area (Å²) in [5.74, 6) is 1.25. The Balaban J connectivity index is 0.000000578. The summed E-state index contributed by atoms with van der Waals surface area (Å²) in [5, 5.41) is 8.80. The second-order valence-corrected chi connectivity index (χ2v) is 23.3. The van der Waals surface area contributed by atoms with Gasteiger partial charge in [-0.15, -0.1) is 0 Å². The lowest BCUT2D eigenvalue weighted by Gasteiger charge is -2.26. The van der Waals surface area contributed by atoms with E-state index in [0.717, 1.165) is 21.1 Å². The van der Waals surface area contributed by atoms with Gasteiger partial charge in [0.1, 0.15) is 31.8 Å². The highest BCUT2D eigenvalue weighted by Gasteiger charge is 2.55. The SMILES string of the molecule is Cc1nc([P+](c2ccccc2)(c2ccccc2)c2ccccc2)c(SSc2oc(C)nc2[P+](c2ccccc2)(c2ccccc2)c2ccccc2)o1.[O-][Cl+3]([O-])([O-])O.[O-][Cl+3]([O-])([O-])O. The first kappa shape index (κ1) is 47.0. The first-order valence-electron chi connectivity index (χ1n) is 18.3. The molecule has 2 N–H and O–H groups in total. The molecule has 6 aromatic carbocycles. The highest BCUT2D eigenvalue weighted by molar-refractivity contribution is 8.76. The predicted molar refractivity (Wildman–Crippen MR) is 228 cm³/mol. The maximum absolute atomic E-state index is 8.60. The number of aryl methyl sites for hydroxylation is 2.